The highest BCUT2D eigenvalue weighted by Crippen LogP contribution is 2.31. The van der Waals surface area contributed by atoms with Gasteiger partial charge in [0.05, 0.1) is 31.0 Å². The topological polar surface area (TPSA) is 62.7 Å². The molecule has 1 N–H and O–H groups in total. The average molecular weight is 278 g/mol. The molecule has 1 amide bonds. The monoisotopic (exact) mass is 278 g/mol. The summed E-state index contributed by atoms with van der Waals surface area (Å²) in [7, 11) is 3.26. The Labute approximate surface area is 119 Å². The first-order valence-electron chi connectivity index (χ1n) is 7.03. The van der Waals surface area contributed by atoms with Crippen LogP contribution in [-0.2, 0) is 4.79 Å². The van der Waals surface area contributed by atoms with Crippen LogP contribution in [-0.4, -0.2) is 35.8 Å². The van der Waals surface area contributed by atoms with Gasteiger partial charge in [0, 0.05) is 13.1 Å². The van der Waals surface area contributed by atoms with Crippen molar-refractivity contribution in [2.24, 2.45) is 0 Å². The number of hydrogen-bond acceptors (Lipinski definition) is 4. The van der Waals surface area contributed by atoms with Gasteiger partial charge in [0.2, 0.25) is 11.8 Å². The number of methoxy groups -OCH3 is 1. The molecule has 1 fully saturated rings. The van der Waals surface area contributed by atoms with E-state index < -0.39 is 5.60 Å². The lowest BCUT2D eigenvalue weighted by atomic mass is 9.82. The lowest BCUT2D eigenvalue weighted by Crippen LogP contribution is -2.39. The summed E-state index contributed by atoms with van der Waals surface area (Å²) < 4.78 is 4.99. The molecule has 1 aliphatic carbocycles. The van der Waals surface area contributed by atoms with E-state index in [4.69, 9.17) is 4.74 Å². The highest BCUT2D eigenvalue weighted by molar-refractivity contribution is 5.93. The fourth-order valence-corrected chi connectivity index (χ4v) is 2.62. The van der Waals surface area contributed by atoms with Gasteiger partial charge in [-0.25, -0.2) is 4.98 Å². The van der Waals surface area contributed by atoms with Gasteiger partial charge in [-0.05, 0) is 18.9 Å². The number of ether oxygens (including phenoxy) is 1. The van der Waals surface area contributed by atoms with Crippen molar-refractivity contribution < 1.29 is 14.6 Å². The molecule has 1 heterocycles. The van der Waals surface area contributed by atoms with Crippen LogP contribution in [0.3, 0.4) is 0 Å². The van der Waals surface area contributed by atoms with Gasteiger partial charge in [-0.2, -0.15) is 0 Å². The van der Waals surface area contributed by atoms with E-state index >= 15 is 0 Å². The molecule has 0 aliphatic heterocycles. The number of rotatable bonds is 4. The molecule has 110 valence electrons. The van der Waals surface area contributed by atoms with E-state index in [0.717, 1.165) is 19.3 Å². The summed E-state index contributed by atoms with van der Waals surface area (Å²) in [6.45, 7) is 0. The number of amides is 1. The Morgan fingerprint density at radius 3 is 2.65 bits per heavy atom. The Hall–Kier alpha value is -1.62. The Morgan fingerprint density at radius 1 is 1.40 bits per heavy atom. The van der Waals surface area contributed by atoms with Crippen LogP contribution in [0.4, 0.5) is 5.69 Å². The van der Waals surface area contributed by atoms with Crippen LogP contribution in [0, 0.1) is 0 Å². The zero-order valence-electron chi connectivity index (χ0n) is 12.1. The van der Waals surface area contributed by atoms with Crippen LogP contribution in [0.1, 0.15) is 38.5 Å². The van der Waals surface area contributed by atoms with Gasteiger partial charge in [0.15, 0.2) is 0 Å². The normalized spacial score (nSPS) is 17.6. The zero-order chi connectivity index (χ0) is 14.6. The number of carbonyl (C=O) groups is 1. The first-order chi connectivity index (χ1) is 9.54. The van der Waals surface area contributed by atoms with Gasteiger partial charge in [-0.1, -0.05) is 19.3 Å². The van der Waals surface area contributed by atoms with E-state index in [1.165, 1.54) is 0 Å². The molecule has 0 atom stereocenters. The van der Waals surface area contributed by atoms with E-state index in [-0.39, 0.29) is 12.3 Å². The smallest absolute Gasteiger partial charge is 0.229 e. The molecule has 0 aromatic carbocycles. The maximum absolute atomic E-state index is 12.3. The third kappa shape index (κ3) is 3.48. The first kappa shape index (κ1) is 14.8. The second-order valence-corrected chi connectivity index (χ2v) is 5.47. The van der Waals surface area contributed by atoms with E-state index in [9.17, 15) is 9.90 Å². The molecule has 5 nitrogen and oxygen atoms in total. The molecule has 1 saturated carbocycles. The number of nitrogens with zero attached hydrogens (tertiary/aromatic N) is 2. The summed E-state index contributed by atoms with van der Waals surface area (Å²) in [4.78, 5) is 17.9. The standard InChI is InChI=1S/C15H22N2O3/c1-17(12-6-7-13(20-2)16-11-12)14(18)10-15(19)8-4-3-5-9-15/h6-7,11,19H,3-5,8-10H2,1-2H3. The van der Waals surface area contributed by atoms with Crippen molar-refractivity contribution in [1.82, 2.24) is 4.98 Å². The van der Waals surface area contributed by atoms with Crippen LogP contribution in [0.2, 0.25) is 0 Å². The molecule has 5 heteroatoms. The minimum Gasteiger partial charge on any atom is -0.481 e. The van der Waals surface area contributed by atoms with E-state index in [1.807, 2.05) is 0 Å². The van der Waals surface area contributed by atoms with Gasteiger partial charge >= 0.3 is 0 Å². The summed E-state index contributed by atoms with van der Waals surface area (Å²) in [5.41, 5.74) is -0.126. The highest BCUT2D eigenvalue weighted by atomic mass is 16.5. The lowest BCUT2D eigenvalue weighted by Gasteiger charge is -2.32. The molecule has 2 rings (SSSR count). The Morgan fingerprint density at radius 2 is 2.10 bits per heavy atom. The van der Waals surface area contributed by atoms with Gasteiger partial charge in [-0.3, -0.25) is 4.79 Å². The minimum absolute atomic E-state index is 0.0821. The van der Waals surface area contributed by atoms with Crippen molar-refractivity contribution >= 4 is 11.6 Å². The van der Waals surface area contributed by atoms with Gasteiger partial charge in [-0.15, -0.1) is 0 Å². The number of pyridine rings is 1. The molecule has 1 aromatic heterocycles. The van der Waals surface area contributed by atoms with Gasteiger partial charge < -0.3 is 14.7 Å². The third-order valence-corrected chi connectivity index (χ3v) is 3.96. The summed E-state index contributed by atoms with van der Waals surface area (Å²) in [5, 5.41) is 10.4. The van der Waals surface area contributed by atoms with E-state index in [0.29, 0.717) is 24.4 Å². The number of aromatic nitrogens is 1. The Kier molecular flexibility index (Phi) is 4.60. The predicted molar refractivity (Wildman–Crippen MR) is 76.9 cm³/mol. The van der Waals surface area contributed by atoms with Gasteiger partial charge in [0.25, 0.3) is 0 Å². The van der Waals surface area contributed by atoms with Gasteiger partial charge in [0.1, 0.15) is 0 Å². The summed E-state index contributed by atoms with van der Waals surface area (Å²) >= 11 is 0. The highest BCUT2D eigenvalue weighted by Gasteiger charge is 2.32. The van der Waals surface area contributed by atoms with Crippen molar-refractivity contribution in [2.75, 3.05) is 19.1 Å². The lowest BCUT2D eigenvalue weighted by molar-refractivity contribution is -0.124. The van der Waals surface area contributed by atoms with Crippen molar-refractivity contribution in [3.05, 3.63) is 18.3 Å². The maximum Gasteiger partial charge on any atom is 0.229 e. The predicted octanol–water partition coefficient (Wildman–Crippen LogP) is 2.14. The van der Waals surface area contributed by atoms with Crippen LogP contribution < -0.4 is 9.64 Å². The summed E-state index contributed by atoms with van der Waals surface area (Å²) in [6, 6.07) is 3.50. The van der Waals surface area contributed by atoms with Crippen LogP contribution in [0.25, 0.3) is 0 Å². The largest absolute Gasteiger partial charge is 0.481 e. The van der Waals surface area contributed by atoms with Crippen LogP contribution in [0.15, 0.2) is 18.3 Å². The number of carbonyl (C=O) groups excluding carboxylic acids is 1. The fourth-order valence-electron chi connectivity index (χ4n) is 2.62. The third-order valence-electron chi connectivity index (χ3n) is 3.96. The second-order valence-electron chi connectivity index (χ2n) is 5.47. The zero-order valence-corrected chi connectivity index (χ0v) is 12.1. The van der Waals surface area contributed by atoms with Crippen molar-refractivity contribution in [3.63, 3.8) is 0 Å². The second kappa shape index (κ2) is 6.22. The average Bonchev–Trinajstić information content (AvgIpc) is 2.47. The SMILES string of the molecule is COc1ccc(N(C)C(=O)CC2(O)CCCCC2)cn1. The number of hydrogen-bond donors (Lipinski definition) is 1. The summed E-state index contributed by atoms with van der Waals surface area (Å²) in [5.74, 6) is 0.432. The first-order valence-corrected chi connectivity index (χ1v) is 7.03. The summed E-state index contributed by atoms with van der Waals surface area (Å²) in [6.07, 6.45) is 6.35. The fraction of sp³-hybridized carbons (Fsp3) is 0.600. The molecular weight excluding hydrogens is 256 g/mol. The number of anilines is 1. The minimum atomic E-state index is -0.830. The molecule has 1 aromatic rings. The number of aliphatic hydroxyl groups is 1. The van der Waals surface area contributed by atoms with E-state index in [1.54, 1.807) is 37.4 Å². The molecule has 20 heavy (non-hydrogen) atoms. The molecule has 0 unspecified atom stereocenters. The van der Waals surface area contributed by atoms with Crippen molar-refractivity contribution in [1.29, 1.82) is 0 Å². The maximum atomic E-state index is 12.3. The molecule has 0 radical (unpaired) electrons. The molecule has 0 spiro atoms. The molecular formula is C15H22N2O3. The van der Waals surface area contributed by atoms with Crippen molar-refractivity contribution in [3.8, 4) is 5.88 Å². The Balaban J connectivity index is 2.00. The van der Waals surface area contributed by atoms with Crippen LogP contribution in [0.5, 0.6) is 5.88 Å². The molecule has 0 saturated heterocycles. The van der Waals surface area contributed by atoms with Crippen molar-refractivity contribution in [2.45, 2.75) is 44.1 Å². The molecule has 1 aliphatic rings. The quantitative estimate of drug-likeness (QED) is 0.916. The molecule has 0 bridgehead atoms. The van der Waals surface area contributed by atoms with E-state index in [2.05, 4.69) is 4.98 Å². The van der Waals surface area contributed by atoms with Crippen LogP contribution >= 0.6 is 0 Å². The Bertz CT molecular complexity index is 453.